The highest BCUT2D eigenvalue weighted by atomic mass is 16.5. The molecule has 3 heterocycles. The van der Waals surface area contributed by atoms with Gasteiger partial charge in [-0.15, -0.1) is 0 Å². The second-order valence-electron chi connectivity index (χ2n) is 5.74. The molecule has 2 aromatic rings. The highest BCUT2D eigenvalue weighted by Gasteiger charge is 2.53. The number of hydroxylamine groups is 2. The fraction of sp³-hybridized carbons (Fsp3) is 0.200. The molecule has 1 unspecified atom stereocenters. The number of carbonyl (C=O) groups excluding carboxylic acids is 2. The molecule has 10 nitrogen and oxygen atoms in total. The van der Waals surface area contributed by atoms with Crippen molar-refractivity contribution in [3.63, 3.8) is 0 Å². The van der Waals surface area contributed by atoms with Crippen molar-refractivity contribution in [3.05, 3.63) is 47.8 Å². The lowest BCUT2D eigenvalue weighted by molar-refractivity contribution is -0.150. The molecule has 0 radical (unpaired) electrons. The summed E-state index contributed by atoms with van der Waals surface area (Å²) in [7, 11) is 0. The third kappa shape index (κ3) is 2.27. The molecular formula is C15H13N5O5. The molecule has 0 spiro atoms. The Morgan fingerprint density at radius 2 is 1.96 bits per heavy atom. The fourth-order valence-electron chi connectivity index (χ4n) is 3.12. The minimum Gasteiger partial charge on any atom is -0.479 e. The summed E-state index contributed by atoms with van der Waals surface area (Å²) >= 11 is 0. The number of fused-ring (bicyclic) bond motifs is 4. The third-order valence-electron chi connectivity index (χ3n) is 4.22. The summed E-state index contributed by atoms with van der Waals surface area (Å²) in [6, 6.07) is 5.67. The lowest BCUT2D eigenvalue weighted by Gasteiger charge is -2.26. The van der Waals surface area contributed by atoms with Crippen molar-refractivity contribution in [1.29, 1.82) is 0 Å². The van der Waals surface area contributed by atoms with E-state index in [-0.39, 0.29) is 17.9 Å². The lowest BCUT2D eigenvalue weighted by Crippen LogP contribution is -2.40. The van der Waals surface area contributed by atoms with E-state index in [9.17, 15) is 24.7 Å². The van der Waals surface area contributed by atoms with Crippen LogP contribution < -0.4 is 5.32 Å². The highest BCUT2D eigenvalue weighted by Crippen LogP contribution is 2.42. The van der Waals surface area contributed by atoms with Crippen molar-refractivity contribution in [2.45, 2.75) is 12.1 Å². The maximum atomic E-state index is 12.3. The average molecular weight is 343 g/mol. The molecule has 2 amide bonds. The largest absolute Gasteiger partial charge is 0.479 e. The number of nitrogens with zero attached hydrogens (tertiary/aromatic N) is 4. The van der Waals surface area contributed by atoms with Crippen LogP contribution in [-0.4, -0.2) is 54.6 Å². The van der Waals surface area contributed by atoms with Crippen LogP contribution in [-0.2, 0) is 9.59 Å². The molecule has 2 aliphatic rings. The minimum atomic E-state index is -1.35. The molecule has 4 rings (SSSR count). The number of para-hydroxylation sites is 1. The van der Waals surface area contributed by atoms with Crippen LogP contribution in [0.1, 0.15) is 23.3 Å². The Bertz CT molecular complexity index is 866. The molecule has 2 bridgehead atoms. The van der Waals surface area contributed by atoms with E-state index in [1.165, 1.54) is 6.20 Å². The maximum absolute atomic E-state index is 12.3. The summed E-state index contributed by atoms with van der Waals surface area (Å²) in [4.78, 5) is 37.2. The Kier molecular flexibility index (Phi) is 3.30. The van der Waals surface area contributed by atoms with Gasteiger partial charge in [0.2, 0.25) is 5.91 Å². The van der Waals surface area contributed by atoms with Gasteiger partial charge in [0.1, 0.15) is 11.7 Å². The summed E-state index contributed by atoms with van der Waals surface area (Å²) in [5.41, 5.74) is 0.814. The van der Waals surface area contributed by atoms with Gasteiger partial charge in [0.15, 0.2) is 6.04 Å². The van der Waals surface area contributed by atoms with Crippen LogP contribution in [0, 0.1) is 0 Å². The first-order valence-corrected chi connectivity index (χ1v) is 7.42. The SMILES string of the molecule is O=C(O)C1c2nn(C(=O)Nc3ccccc3)cc2[C@H]2C(=O)N1CN2O. The summed E-state index contributed by atoms with van der Waals surface area (Å²) in [5, 5.41) is 26.8. The quantitative estimate of drug-likeness (QED) is 0.730. The van der Waals surface area contributed by atoms with Crippen LogP contribution in [0.15, 0.2) is 36.5 Å². The lowest BCUT2D eigenvalue weighted by atomic mass is 9.98. The topological polar surface area (TPSA) is 128 Å². The molecule has 1 aromatic carbocycles. The number of carboxylic acids is 1. The van der Waals surface area contributed by atoms with Crippen molar-refractivity contribution in [3.8, 4) is 0 Å². The van der Waals surface area contributed by atoms with Gasteiger partial charge < -0.3 is 20.5 Å². The van der Waals surface area contributed by atoms with E-state index in [2.05, 4.69) is 10.4 Å². The van der Waals surface area contributed by atoms with Crippen molar-refractivity contribution in [2.75, 3.05) is 12.0 Å². The molecule has 10 heteroatoms. The summed E-state index contributed by atoms with van der Waals surface area (Å²) < 4.78 is 0.941. The number of anilines is 1. The minimum absolute atomic E-state index is 0.0665. The van der Waals surface area contributed by atoms with Gasteiger partial charge in [0, 0.05) is 17.4 Å². The van der Waals surface area contributed by atoms with Gasteiger partial charge in [-0.3, -0.25) is 4.79 Å². The molecule has 3 N–H and O–H groups in total. The van der Waals surface area contributed by atoms with E-state index < -0.39 is 30.0 Å². The highest BCUT2D eigenvalue weighted by molar-refractivity contribution is 5.94. The Morgan fingerprint density at radius 3 is 2.64 bits per heavy atom. The zero-order valence-electron chi connectivity index (χ0n) is 12.7. The van der Waals surface area contributed by atoms with E-state index in [0.29, 0.717) is 5.69 Å². The Balaban J connectivity index is 1.72. The van der Waals surface area contributed by atoms with Crippen molar-refractivity contribution in [2.24, 2.45) is 0 Å². The van der Waals surface area contributed by atoms with Crippen molar-refractivity contribution < 1.29 is 24.7 Å². The number of amides is 2. The number of nitrogens with one attached hydrogen (secondary N) is 1. The van der Waals surface area contributed by atoms with Gasteiger partial charge in [-0.1, -0.05) is 18.2 Å². The van der Waals surface area contributed by atoms with Crippen LogP contribution in [0.4, 0.5) is 10.5 Å². The Hall–Kier alpha value is -3.24. The van der Waals surface area contributed by atoms with Gasteiger partial charge in [-0.2, -0.15) is 14.8 Å². The Labute approximate surface area is 140 Å². The van der Waals surface area contributed by atoms with Crippen LogP contribution in [0.3, 0.4) is 0 Å². The summed E-state index contributed by atoms with van der Waals surface area (Å²) in [5.74, 6) is -1.82. The fourth-order valence-corrected chi connectivity index (χ4v) is 3.12. The molecule has 2 aliphatic heterocycles. The van der Waals surface area contributed by atoms with E-state index in [1.54, 1.807) is 30.3 Å². The first-order valence-electron chi connectivity index (χ1n) is 7.42. The van der Waals surface area contributed by atoms with Gasteiger partial charge in [-0.05, 0) is 12.1 Å². The zero-order chi connectivity index (χ0) is 17.7. The van der Waals surface area contributed by atoms with Crippen LogP contribution >= 0.6 is 0 Å². The van der Waals surface area contributed by atoms with Gasteiger partial charge in [-0.25, -0.2) is 9.59 Å². The second kappa shape index (κ2) is 5.40. The van der Waals surface area contributed by atoms with Crippen LogP contribution in [0.25, 0.3) is 0 Å². The van der Waals surface area contributed by atoms with E-state index in [1.807, 2.05) is 0 Å². The molecule has 1 fully saturated rings. The average Bonchev–Trinajstić information content (AvgIpc) is 3.08. The molecule has 25 heavy (non-hydrogen) atoms. The predicted molar refractivity (Wildman–Crippen MR) is 81.5 cm³/mol. The molecule has 0 saturated carbocycles. The molecule has 2 atom stereocenters. The zero-order valence-corrected chi connectivity index (χ0v) is 12.7. The van der Waals surface area contributed by atoms with Crippen LogP contribution in [0.5, 0.6) is 0 Å². The molecule has 1 saturated heterocycles. The summed E-state index contributed by atoms with van der Waals surface area (Å²) in [6.07, 6.45) is 1.28. The van der Waals surface area contributed by atoms with Crippen molar-refractivity contribution in [1.82, 2.24) is 19.7 Å². The molecule has 0 aliphatic carbocycles. The van der Waals surface area contributed by atoms with E-state index in [0.717, 1.165) is 14.6 Å². The second-order valence-corrected chi connectivity index (χ2v) is 5.74. The van der Waals surface area contributed by atoms with Gasteiger partial charge >= 0.3 is 12.0 Å². The number of carbonyl (C=O) groups is 3. The van der Waals surface area contributed by atoms with E-state index >= 15 is 0 Å². The monoisotopic (exact) mass is 343 g/mol. The normalized spacial score (nSPS) is 22.0. The standard InChI is InChI=1S/C15H13N5O5/c21-13-11-9-6-19(15(24)16-8-4-2-1-3-5-8)17-10(9)12(14(22)23)18(13)7-20(11)25/h1-6,11-12,25H,7H2,(H,16,24)(H,22,23)/t11-,12?/m0/s1. The molecule has 1 aromatic heterocycles. The van der Waals surface area contributed by atoms with Crippen LogP contribution in [0.2, 0.25) is 0 Å². The number of hydrogen-bond donors (Lipinski definition) is 3. The smallest absolute Gasteiger partial charge is 0.346 e. The number of hydrogen-bond acceptors (Lipinski definition) is 6. The number of aliphatic carboxylic acids is 1. The maximum Gasteiger partial charge on any atom is 0.346 e. The van der Waals surface area contributed by atoms with Gasteiger partial charge in [0.05, 0.1) is 6.67 Å². The molecule has 128 valence electrons. The number of aromatic nitrogens is 2. The number of benzene rings is 1. The predicted octanol–water partition coefficient (Wildman–Crippen LogP) is 0.635. The van der Waals surface area contributed by atoms with Crippen molar-refractivity contribution >= 4 is 23.6 Å². The summed E-state index contributed by atoms with van der Waals surface area (Å²) in [6.45, 7) is -0.229. The molecular weight excluding hydrogens is 330 g/mol. The first kappa shape index (κ1) is 15.3. The Morgan fingerprint density at radius 1 is 1.24 bits per heavy atom. The number of carboxylic acid groups (broad SMARTS) is 1. The van der Waals surface area contributed by atoms with Gasteiger partial charge in [0.25, 0.3) is 0 Å². The third-order valence-corrected chi connectivity index (χ3v) is 4.22. The van der Waals surface area contributed by atoms with E-state index in [4.69, 9.17) is 0 Å². The first-order chi connectivity index (χ1) is 12.0. The number of rotatable bonds is 2.